The van der Waals surface area contributed by atoms with Gasteiger partial charge in [-0.25, -0.2) is 9.78 Å². The largest absolute Gasteiger partial charge is 0.493 e. The number of carbonyl (C=O) groups is 3. The van der Waals surface area contributed by atoms with Crippen LogP contribution in [0.1, 0.15) is 12.6 Å². The number of ether oxygens (including phenoxy) is 3. The Labute approximate surface area is 159 Å². The summed E-state index contributed by atoms with van der Waals surface area (Å²) in [6, 6.07) is 4.37. The molecule has 0 spiro atoms. The first-order valence-corrected chi connectivity index (χ1v) is 8.68. The van der Waals surface area contributed by atoms with Crippen molar-refractivity contribution < 1.29 is 28.6 Å². The molecule has 0 saturated heterocycles. The number of benzene rings is 1. The number of urea groups is 1. The lowest BCUT2D eigenvalue weighted by molar-refractivity contribution is -0.153. The molecule has 3 N–H and O–H groups in total. The van der Waals surface area contributed by atoms with Gasteiger partial charge in [-0.05, 0) is 25.1 Å². The molecular weight excluding hydrogens is 374 g/mol. The molecule has 0 bridgehead atoms. The SMILES string of the molecule is COc1ccc(-c2nc(CC(=O)O[C@H](C)C(=O)NC(N)=O)cs2)cc1OC. The molecule has 0 radical (unpaired) electrons. The summed E-state index contributed by atoms with van der Waals surface area (Å²) >= 11 is 1.36. The number of hydrogen-bond acceptors (Lipinski definition) is 8. The lowest BCUT2D eigenvalue weighted by Crippen LogP contribution is -2.42. The molecule has 0 fully saturated rings. The van der Waals surface area contributed by atoms with Crippen molar-refractivity contribution in [2.24, 2.45) is 5.73 Å². The van der Waals surface area contributed by atoms with Crippen LogP contribution in [0, 0.1) is 0 Å². The highest BCUT2D eigenvalue weighted by molar-refractivity contribution is 7.13. The number of imide groups is 1. The minimum atomic E-state index is -1.14. The van der Waals surface area contributed by atoms with Gasteiger partial charge in [-0.2, -0.15) is 0 Å². The van der Waals surface area contributed by atoms with Crippen LogP contribution in [0.15, 0.2) is 23.6 Å². The molecule has 3 amide bonds. The van der Waals surface area contributed by atoms with E-state index in [0.717, 1.165) is 5.56 Å². The van der Waals surface area contributed by atoms with Gasteiger partial charge in [0.25, 0.3) is 5.91 Å². The first-order chi connectivity index (χ1) is 12.8. The van der Waals surface area contributed by atoms with Crippen molar-refractivity contribution in [1.82, 2.24) is 10.3 Å². The van der Waals surface area contributed by atoms with Crippen LogP contribution in [0.4, 0.5) is 4.79 Å². The molecule has 1 aromatic heterocycles. The van der Waals surface area contributed by atoms with Crippen LogP contribution in [0.3, 0.4) is 0 Å². The monoisotopic (exact) mass is 393 g/mol. The van der Waals surface area contributed by atoms with Crippen molar-refractivity contribution in [3.05, 3.63) is 29.3 Å². The summed E-state index contributed by atoms with van der Waals surface area (Å²) in [7, 11) is 3.09. The van der Waals surface area contributed by atoms with E-state index in [1.807, 2.05) is 11.4 Å². The predicted molar refractivity (Wildman–Crippen MR) is 97.6 cm³/mol. The summed E-state index contributed by atoms with van der Waals surface area (Å²) < 4.78 is 15.4. The number of rotatable bonds is 7. The number of nitrogens with zero attached hydrogens (tertiary/aromatic N) is 1. The standard InChI is InChI=1S/C17H19N3O6S/c1-9(15(22)20-17(18)23)26-14(21)7-11-8-27-16(19-11)10-4-5-12(24-2)13(6-10)25-3/h4-6,8-9H,7H2,1-3H3,(H3,18,20,22,23)/t9-/m1/s1. The molecule has 27 heavy (non-hydrogen) atoms. The van der Waals surface area contributed by atoms with E-state index >= 15 is 0 Å². The van der Waals surface area contributed by atoms with Crippen LogP contribution in [0.2, 0.25) is 0 Å². The number of carbonyl (C=O) groups excluding carboxylic acids is 3. The van der Waals surface area contributed by atoms with E-state index < -0.39 is 24.0 Å². The highest BCUT2D eigenvalue weighted by Crippen LogP contribution is 2.33. The highest BCUT2D eigenvalue weighted by atomic mass is 32.1. The van der Waals surface area contributed by atoms with Gasteiger partial charge in [-0.1, -0.05) is 0 Å². The minimum Gasteiger partial charge on any atom is -0.493 e. The highest BCUT2D eigenvalue weighted by Gasteiger charge is 2.20. The minimum absolute atomic E-state index is 0.113. The first-order valence-electron chi connectivity index (χ1n) is 7.80. The number of nitrogens with two attached hydrogens (primary N) is 1. The summed E-state index contributed by atoms with van der Waals surface area (Å²) in [6.45, 7) is 1.34. The molecule has 2 aromatic rings. The summed E-state index contributed by atoms with van der Waals surface area (Å²) in [5.74, 6) is -0.267. The Balaban J connectivity index is 2.02. The Morgan fingerprint density at radius 2 is 1.93 bits per heavy atom. The molecule has 0 aliphatic heterocycles. The van der Waals surface area contributed by atoms with E-state index in [1.54, 1.807) is 31.7 Å². The molecule has 144 valence electrons. The molecule has 0 unspecified atom stereocenters. The summed E-state index contributed by atoms with van der Waals surface area (Å²) in [6.07, 6.45) is -1.26. The molecule has 1 aromatic carbocycles. The second kappa shape index (κ2) is 8.99. The third-order valence-electron chi connectivity index (χ3n) is 3.43. The average molecular weight is 393 g/mol. The van der Waals surface area contributed by atoms with Gasteiger partial charge in [0, 0.05) is 10.9 Å². The van der Waals surface area contributed by atoms with E-state index in [-0.39, 0.29) is 6.42 Å². The second-order valence-electron chi connectivity index (χ2n) is 5.38. The van der Waals surface area contributed by atoms with Crippen molar-refractivity contribution in [2.75, 3.05) is 14.2 Å². The second-order valence-corrected chi connectivity index (χ2v) is 6.23. The lowest BCUT2D eigenvalue weighted by Gasteiger charge is -2.11. The Kier molecular flexibility index (Phi) is 6.72. The fourth-order valence-corrected chi connectivity index (χ4v) is 2.97. The van der Waals surface area contributed by atoms with Crippen molar-refractivity contribution >= 4 is 29.2 Å². The number of nitrogens with one attached hydrogen (secondary N) is 1. The van der Waals surface area contributed by atoms with Gasteiger partial charge >= 0.3 is 12.0 Å². The Bertz CT molecular complexity index is 851. The van der Waals surface area contributed by atoms with Crippen LogP contribution in [0.25, 0.3) is 10.6 Å². The zero-order valence-electron chi connectivity index (χ0n) is 15.0. The number of thiazole rings is 1. The van der Waals surface area contributed by atoms with E-state index in [0.29, 0.717) is 22.2 Å². The normalized spacial score (nSPS) is 11.4. The van der Waals surface area contributed by atoms with Crippen LogP contribution in [-0.4, -0.2) is 43.2 Å². The van der Waals surface area contributed by atoms with Crippen molar-refractivity contribution in [2.45, 2.75) is 19.4 Å². The van der Waals surface area contributed by atoms with Gasteiger partial charge in [0.1, 0.15) is 5.01 Å². The van der Waals surface area contributed by atoms with Crippen LogP contribution in [0.5, 0.6) is 11.5 Å². The summed E-state index contributed by atoms with van der Waals surface area (Å²) in [4.78, 5) is 38.5. The summed E-state index contributed by atoms with van der Waals surface area (Å²) in [5, 5.41) is 4.26. The molecule has 0 saturated carbocycles. The molecule has 1 heterocycles. The van der Waals surface area contributed by atoms with E-state index in [9.17, 15) is 14.4 Å². The molecular formula is C17H19N3O6S. The van der Waals surface area contributed by atoms with Gasteiger partial charge in [0.2, 0.25) is 0 Å². The number of aromatic nitrogens is 1. The van der Waals surface area contributed by atoms with Gasteiger partial charge in [0.15, 0.2) is 17.6 Å². The molecule has 10 heteroatoms. The molecule has 0 aliphatic rings. The lowest BCUT2D eigenvalue weighted by atomic mass is 10.2. The third-order valence-corrected chi connectivity index (χ3v) is 4.37. The maximum absolute atomic E-state index is 12.0. The van der Waals surface area contributed by atoms with Crippen LogP contribution in [-0.2, 0) is 20.7 Å². The van der Waals surface area contributed by atoms with Crippen LogP contribution >= 0.6 is 11.3 Å². The Morgan fingerprint density at radius 3 is 2.56 bits per heavy atom. The van der Waals surface area contributed by atoms with Gasteiger partial charge in [-0.3, -0.25) is 14.9 Å². The summed E-state index contributed by atoms with van der Waals surface area (Å²) in [5.41, 5.74) is 6.15. The van der Waals surface area contributed by atoms with E-state index in [1.165, 1.54) is 18.3 Å². The zero-order valence-corrected chi connectivity index (χ0v) is 15.8. The fraction of sp³-hybridized carbons (Fsp3) is 0.294. The van der Waals surface area contributed by atoms with Crippen molar-refractivity contribution in [3.63, 3.8) is 0 Å². The van der Waals surface area contributed by atoms with Gasteiger partial charge in [-0.15, -0.1) is 11.3 Å². The Morgan fingerprint density at radius 1 is 1.22 bits per heavy atom. The van der Waals surface area contributed by atoms with E-state index in [4.69, 9.17) is 19.9 Å². The zero-order chi connectivity index (χ0) is 20.0. The molecule has 2 rings (SSSR count). The predicted octanol–water partition coefficient (Wildman–Crippen LogP) is 1.50. The molecule has 0 aliphatic carbocycles. The van der Waals surface area contributed by atoms with Crippen LogP contribution < -0.4 is 20.5 Å². The quantitative estimate of drug-likeness (QED) is 0.682. The number of methoxy groups -OCH3 is 2. The van der Waals surface area contributed by atoms with E-state index in [2.05, 4.69) is 4.98 Å². The third kappa shape index (κ3) is 5.42. The average Bonchev–Trinajstić information content (AvgIpc) is 3.08. The number of primary amides is 1. The first kappa shape index (κ1) is 20.2. The maximum Gasteiger partial charge on any atom is 0.318 e. The number of amides is 3. The van der Waals surface area contributed by atoms with Gasteiger partial charge < -0.3 is 19.9 Å². The maximum atomic E-state index is 12.0. The molecule has 9 nitrogen and oxygen atoms in total. The topological polar surface area (TPSA) is 130 Å². The number of esters is 1. The smallest absolute Gasteiger partial charge is 0.318 e. The molecule has 1 atom stereocenters. The van der Waals surface area contributed by atoms with Crippen molar-refractivity contribution in [3.8, 4) is 22.1 Å². The fourth-order valence-electron chi connectivity index (χ4n) is 2.15. The van der Waals surface area contributed by atoms with Crippen molar-refractivity contribution in [1.29, 1.82) is 0 Å². The van der Waals surface area contributed by atoms with Gasteiger partial charge in [0.05, 0.1) is 26.3 Å². The Hall–Kier alpha value is -3.14. The number of hydrogen-bond donors (Lipinski definition) is 2.